The Morgan fingerprint density at radius 2 is 1.70 bits per heavy atom. The number of pyridine rings is 1. The van der Waals surface area contributed by atoms with Crippen molar-refractivity contribution in [2.75, 3.05) is 4.90 Å². The average molecular weight is 416 g/mol. The van der Waals surface area contributed by atoms with E-state index in [0.717, 1.165) is 32.2 Å². The molecule has 4 rings (SSSR count). The number of carbonyl (C=O) groups excluding carboxylic acids is 1. The van der Waals surface area contributed by atoms with Crippen LogP contribution in [0.25, 0.3) is 10.2 Å². The number of nitrogens with zero attached hydrogens (tertiary/aromatic N) is 3. The van der Waals surface area contributed by atoms with Crippen molar-refractivity contribution in [3.05, 3.63) is 88.2 Å². The standard InChI is InChI=1S/C25H25N3OS/c1-16-10-11-20(13-19(16)4)14-22(29)28(15-21-7-5-6-12-26-21)25-27-23-17(2)8-9-18(3)24(23)30-25/h5-13H,14-15H2,1-4H3. The number of benzene rings is 2. The van der Waals surface area contributed by atoms with Crippen LogP contribution in [0.3, 0.4) is 0 Å². The molecular formula is C25H25N3OS. The number of thiazole rings is 1. The van der Waals surface area contributed by atoms with E-state index in [1.807, 2.05) is 24.3 Å². The number of aryl methyl sites for hydroxylation is 4. The molecular weight excluding hydrogens is 390 g/mol. The SMILES string of the molecule is Cc1ccc(CC(=O)N(Cc2ccccn2)c2nc3c(C)ccc(C)c3s2)cc1C. The maximum absolute atomic E-state index is 13.4. The quantitative estimate of drug-likeness (QED) is 0.420. The molecule has 0 aliphatic carbocycles. The van der Waals surface area contributed by atoms with Gasteiger partial charge in [0.15, 0.2) is 5.13 Å². The molecule has 2 aromatic heterocycles. The molecule has 0 aliphatic heterocycles. The molecule has 4 aromatic rings. The first-order valence-corrected chi connectivity index (χ1v) is 10.9. The van der Waals surface area contributed by atoms with Crippen molar-refractivity contribution in [2.45, 2.75) is 40.7 Å². The fourth-order valence-corrected chi connectivity index (χ4v) is 4.59. The fourth-order valence-electron chi connectivity index (χ4n) is 3.46. The van der Waals surface area contributed by atoms with Gasteiger partial charge in [0.05, 0.1) is 28.9 Å². The topological polar surface area (TPSA) is 46.1 Å². The lowest BCUT2D eigenvalue weighted by Crippen LogP contribution is -2.32. The minimum Gasteiger partial charge on any atom is -0.282 e. The summed E-state index contributed by atoms with van der Waals surface area (Å²) >= 11 is 1.58. The molecule has 0 saturated carbocycles. The molecule has 0 fully saturated rings. The highest BCUT2D eigenvalue weighted by atomic mass is 32.1. The summed E-state index contributed by atoms with van der Waals surface area (Å²) in [4.78, 5) is 24.5. The zero-order valence-corrected chi connectivity index (χ0v) is 18.6. The maximum atomic E-state index is 13.4. The zero-order valence-electron chi connectivity index (χ0n) is 17.8. The number of rotatable bonds is 5. The molecule has 0 bridgehead atoms. The summed E-state index contributed by atoms with van der Waals surface area (Å²) in [5.74, 6) is 0.0262. The van der Waals surface area contributed by atoms with Crippen LogP contribution in [0.5, 0.6) is 0 Å². The molecule has 2 aromatic carbocycles. The highest BCUT2D eigenvalue weighted by molar-refractivity contribution is 7.22. The minimum absolute atomic E-state index is 0.0262. The number of anilines is 1. The molecule has 152 valence electrons. The predicted molar refractivity (Wildman–Crippen MR) is 124 cm³/mol. The van der Waals surface area contributed by atoms with Gasteiger partial charge in [-0.1, -0.05) is 47.7 Å². The lowest BCUT2D eigenvalue weighted by Gasteiger charge is -2.20. The molecule has 2 heterocycles. The lowest BCUT2D eigenvalue weighted by atomic mass is 10.0. The summed E-state index contributed by atoms with van der Waals surface area (Å²) in [6.45, 7) is 8.71. The third kappa shape index (κ3) is 4.12. The Bertz CT molecular complexity index is 1180. The Labute approximate surface area is 181 Å². The van der Waals surface area contributed by atoms with Crippen LogP contribution in [-0.4, -0.2) is 15.9 Å². The second kappa shape index (κ2) is 8.36. The summed E-state index contributed by atoms with van der Waals surface area (Å²) in [6, 6.07) is 16.2. The van der Waals surface area contributed by atoms with Crippen molar-refractivity contribution in [3.8, 4) is 0 Å². The van der Waals surface area contributed by atoms with Gasteiger partial charge in [-0.2, -0.15) is 0 Å². The first kappa shape index (κ1) is 20.2. The van der Waals surface area contributed by atoms with Gasteiger partial charge in [0, 0.05) is 6.20 Å². The Kier molecular flexibility index (Phi) is 5.64. The molecule has 0 aliphatic rings. The first-order chi connectivity index (χ1) is 14.4. The first-order valence-electron chi connectivity index (χ1n) is 10.1. The largest absolute Gasteiger partial charge is 0.282 e. The number of amides is 1. The number of fused-ring (bicyclic) bond motifs is 1. The Morgan fingerprint density at radius 3 is 2.40 bits per heavy atom. The summed E-state index contributed by atoms with van der Waals surface area (Å²) in [6.07, 6.45) is 2.09. The van der Waals surface area contributed by atoms with E-state index in [1.54, 1.807) is 22.4 Å². The fraction of sp³-hybridized carbons (Fsp3) is 0.240. The van der Waals surface area contributed by atoms with Crippen molar-refractivity contribution in [1.82, 2.24) is 9.97 Å². The number of hydrogen-bond donors (Lipinski definition) is 0. The Morgan fingerprint density at radius 1 is 0.933 bits per heavy atom. The molecule has 0 unspecified atom stereocenters. The van der Waals surface area contributed by atoms with Crippen LogP contribution in [0.1, 0.15) is 33.5 Å². The van der Waals surface area contributed by atoms with Crippen molar-refractivity contribution >= 4 is 32.6 Å². The Hall–Kier alpha value is -3.05. The molecule has 0 spiro atoms. The van der Waals surface area contributed by atoms with Crippen LogP contribution in [0.15, 0.2) is 54.7 Å². The molecule has 0 N–H and O–H groups in total. The summed E-state index contributed by atoms with van der Waals surface area (Å²) in [7, 11) is 0. The van der Waals surface area contributed by atoms with E-state index >= 15 is 0 Å². The highest BCUT2D eigenvalue weighted by Gasteiger charge is 2.22. The van der Waals surface area contributed by atoms with E-state index in [-0.39, 0.29) is 5.91 Å². The highest BCUT2D eigenvalue weighted by Crippen LogP contribution is 2.34. The molecule has 0 atom stereocenters. The van der Waals surface area contributed by atoms with Crippen LogP contribution in [0.2, 0.25) is 0 Å². The van der Waals surface area contributed by atoms with Crippen LogP contribution >= 0.6 is 11.3 Å². The van der Waals surface area contributed by atoms with Crippen LogP contribution in [0, 0.1) is 27.7 Å². The second-order valence-electron chi connectivity index (χ2n) is 7.77. The van der Waals surface area contributed by atoms with Crippen molar-refractivity contribution < 1.29 is 4.79 Å². The van der Waals surface area contributed by atoms with E-state index in [9.17, 15) is 4.79 Å². The van der Waals surface area contributed by atoms with Crippen LogP contribution in [-0.2, 0) is 17.8 Å². The number of hydrogen-bond acceptors (Lipinski definition) is 4. The van der Waals surface area contributed by atoms with Gasteiger partial charge in [0.25, 0.3) is 0 Å². The van der Waals surface area contributed by atoms with Gasteiger partial charge in [-0.05, 0) is 67.6 Å². The van der Waals surface area contributed by atoms with Gasteiger partial charge in [-0.25, -0.2) is 4.98 Å². The maximum Gasteiger partial charge on any atom is 0.233 e. The smallest absolute Gasteiger partial charge is 0.233 e. The van der Waals surface area contributed by atoms with Gasteiger partial charge in [-0.15, -0.1) is 0 Å². The van der Waals surface area contributed by atoms with Crippen LogP contribution in [0.4, 0.5) is 5.13 Å². The Balaban J connectivity index is 1.72. The lowest BCUT2D eigenvalue weighted by molar-refractivity contribution is -0.118. The molecule has 30 heavy (non-hydrogen) atoms. The summed E-state index contributed by atoms with van der Waals surface area (Å²) in [5, 5.41) is 0.724. The number of aromatic nitrogens is 2. The monoisotopic (exact) mass is 415 g/mol. The van der Waals surface area contributed by atoms with Crippen molar-refractivity contribution in [3.63, 3.8) is 0 Å². The van der Waals surface area contributed by atoms with E-state index in [0.29, 0.717) is 13.0 Å². The van der Waals surface area contributed by atoms with E-state index in [4.69, 9.17) is 4.98 Å². The van der Waals surface area contributed by atoms with Gasteiger partial charge in [0.1, 0.15) is 0 Å². The minimum atomic E-state index is 0.0262. The molecule has 4 nitrogen and oxygen atoms in total. The second-order valence-corrected chi connectivity index (χ2v) is 8.75. The summed E-state index contributed by atoms with van der Waals surface area (Å²) in [5.41, 5.74) is 7.56. The van der Waals surface area contributed by atoms with Gasteiger partial charge >= 0.3 is 0 Å². The van der Waals surface area contributed by atoms with Gasteiger partial charge in [-0.3, -0.25) is 14.7 Å². The van der Waals surface area contributed by atoms with Crippen LogP contribution < -0.4 is 4.90 Å². The summed E-state index contributed by atoms with van der Waals surface area (Å²) < 4.78 is 1.13. The molecule has 5 heteroatoms. The van der Waals surface area contributed by atoms with Crippen molar-refractivity contribution in [2.24, 2.45) is 0 Å². The van der Waals surface area contributed by atoms with Crippen molar-refractivity contribution in [1.29, 1.82) is 0 Å². The predicted octanol–water partition coefficient (Wildman–Crippen LogP) is 5.70. The normalized spacial score (nSPS) is 11.1. The molecule has 0 saturated heterocycles. The van der Waals surface area contributed by atoms with E-state index < -0.39 is 0 Å². The van der Waals surface area contributed by atoms with Gasteiger partial charge < -0.3 is 0 Å². The molecule has 1 amide bonds. The van der Waals surface area contributed by atoms with Gasteiger partial charge in [0.2, 0.25) is 5.91 Å². The zero-order chi connectivity index (χ0) is 21.3. The molecule has 0 radical (unpaired) electrons. The van der Waals surface area contributed by atoms with E-state index in [1.165, 1.54) is 16.7 Å². The third-order valence-electron chi connectivity index (χ3n) is 5.44. The van der Waals surface area contributed by atoms with E-state index in [2.05, 4.69) is 56.9 Å². The average Bonchev–Trinajstić information content (AvgIpc) is 3.19. The number of carbonyl (C=O) groups is 1. The third-order valence-corrected chi connectivity index (χ3v) is 6.65.